The molecule has 1 saturated heterocycles. The molecule has 0 radical (unpaired) electrons. The third-order valence-corrected chi connectivity index (χ3v) is 3.97. The number of aromatic nitrogens is 1. The number of anilines is 1. The van der Waals surface area contributed by atoms with Crippen molar-refractivity contribution in [3.8, 4) is 0 Å². The largest absolute Gasteiger partial charge is 0.360 e. The molecule has 124 valence electrons. The molecule has 3 rings (SSSR count). The van der Waals surface area contributed by atoms with Crippen molar-refractivity contribution in [2.45, 2.75) is 13.5 Å². The van der Waals surface area contributed by atoms with E-state index in [0.29, 0.717) is 25.2 Å². The Morgan fingerprint density at radius 3 is 2.71 bits per heavy atom. The van der Waals surface area contributed by atoms with Gasteiger partial charge in [0.2, 0.25) is 5.91 Å². The van der Waals surface area contributed by atoms with Gasteiger partial charge in [-0.25, -0.2) is 0 Å². The van der Waals surface area contributed by atoms with Crippen molar-refractivity contribution in [2.24, 2.45) is 0 Å². The van der Waals surface area contributed by atoms with E-state index in [0.717, 1.165) is 23.5 Å². The molecule has 0 bridgehead atoms. The first-order valence-corrected chi connectivity index (χ1v) is 7.93. The molecule has 1 fully saturated rings. The lowest BCUT2D eigenvalue weighted by Crippen LogP contribution is -2.47. The lowest BCUT2D eigenvalue weighted by atomic mass is 10.1. The summed E-state index contributed by atoms with van der Waals surface area (Å²) in [6, 6.07) is 11.5. The van der Waals surface area contributed by atoms with Gasteiger partial charge in [0.15, 0.2) is 0 Å². The van der Waals surface area contributed by atoms with Crippen LogP contribution in [0.15, 0.2) is 42.6 Å². The summed E-state index contributed by atoms with van der Waals surface area (Å²) in [5.41, 5.74) is 3.46. The smallest absolute Gasteiger partial charge is 0.253 e. The number of hydrogen-bond donors (Lipinski definition) is 2. The molecule has 6 nitrogen and oxygen atoms in total. The minimum atomic E-state index is -0.140. The normalized spacial score (nSPS) is 14.2. The van der Waals surface area contributed by atoms with Crippen molar-refractivity contribution in [3.63, 3.8) is 0 Å². The van der Waals surface area contributed by atoms with Crippen molar-refractivity contribution < 1.29 is 9.59 Å². The zero-order valence-corrected chi connectivity index (χ0v) is 13.6. The van der Waals surface area contributed by atoms with Crippen LogP contribution in [0.3, 0.4) is 0 Å². The summed E-state index contributed by atoms with van der Waals surface area (Å²) in [7, 11) is 0. The number of hydrogen-bond acceptors (Lipinski definition) is 4. The molecule has 1 aliphatic rings. The summed E-state index contributed by atoms with van der Waals surface area (Å²) in [5.74, 6) is -0.0939. The van der Waals surface area contributed by atoms with E-state index in [1.807, 2.05) is 42.2 Å². The van der Waals surface area contributed by atoms with E-state index in [2.05, 4.69) is 15.6 Å². The van der Waals surface area contributed by atoms with Gasteiger partial charge in [-0.05, 0) is 36.8 Å². The van der Waals surface area contributed by atoms with Crippen molar-refractivity contribution in [3.05, 3.63) is 59.4 Å². The van der Waals surface area contributed by atoms with Gasteiger partial charge in [0.05, 0.1) is 12.1 Å². The molecule has 2 aromatic rings. The molecule has 1 aliphatic heterocycles. The summed E-state index contributed by atoms with van der Waals surface area (Å²) < 4.78 is 0. The highest BCUT2D eigenvalue weighted by molar-refractivity contribution is 5.93. The first kappa shape index (κ1) is 16.0. The number of nitrogens with zero attached hydrogens (tertiary/aromatic N) is 2. The summed E-state index contributed by atoms with van der Waals surface area (Å²) in [6.45, 7) is 4.20. The van der Waals surface area contributed by atoms with Crippen LogP contribution in [0.25, 0.3) is 0 Å². The van der Waals surface area contributed by atoms with Gasteiger partial charge in [0.1, 0.15) is 0 Å². The first-order chi connectivity index (χ1) is 11.6. The SMILES string of the molecule is Cc1ccc(C(=O)NCc2ccc(N3CCNC(=O)C3)cc2)cn1. The van der Waals surface area contributed by atoms with Crippen LogP contribution in [0.5, 0.6) is 0 Å². The van der Waals surface area contributed by atoms with Gasteiger partial charge < -0.3 is 15.5 Å². The Hall–Kier alpha value is -2.89. The molecule has 2 amide bonds. The number of carbonyl (C=O) groups is 2. The molecule has 2 N–H and O–H groups in total. The van der Waals surface area contributed by atoms with E-state index < -0.39 is 0 Å². The molecular formula is C18H20N4O2. The van der Waals surface area contributed by atoms with Gasteiger partial charge in [-0.1, -0.05) is 12.1 Å². The minimum Gasteiger partial charge on any atom is -0.360 e. The molecule has 6 heteroatoms. The topological polar surface area (TPSA) is 74.3 Å². The standard InChI is InChI=1S/C18H20N4O2/c1-13-2-5-15(11-20-13)18(24)21-10-14-3-6-16(7-4-14)22-9-8-19-17(23)12-22/h2-7,11H,8-10,12H2,1H3,(H,19,23)(H,21,24). The van der Waals surface area contributed by atoms with Crippen LogP contribution in [0.2, 0.25) is 0 Å². The van der Waals surface area contributed by atoms with E-state index >= 15 is 0 Å². The lowest BCUT2D eigenvalue weighted by molar-refractivity contribution is -0.120. The fraction of sp³-hybridized carbons (Fsp3) is 0.278. The Balaban J connectivity index is 1.57. The number of pyridine rings is 1. The molecule has 2 heterocycles. The minimum absolute atomic E-state index is 0.0456. The van der Waals surface area contributed by atoms with Gasteiger partial charge in [-0.3, -0.25) is 14.6 Å². The van der Waals surface area contributed by atoms with E-state index in [1.165, 1.54) is 0 Å². The Labute approximate surface area is 140 Å². The van der Waals surface area contributed by atoms with Crippen LogP contribution in [-0.2, 0) is 11.3 Å². The van der Waals surface area contributed by atoms with Crippen molar-refractivity contribution in [2.75, 3.05) is 24.5 Å². The van der Waals surface area contributed by atoms with E-state index in [1.54, 1.807) is 12.3 Å². The molecule has 24 heavy (non-hydrogen) atoms. The van der Waals surface area contributed by atoms with E-state index in [-0.39, 0.29) is 11.8 Å². The van der Waals surface area contributed by atoms with Crippen LogP contribution < -0.4 is 15.5 Å². The van der Waals surface area contributed by atoms with Gasteiger partial charge in [-0.15, -0.1) is 0 Å². The number of benzene rings is 1. The highest BCUT2D eigenvalue weighted by atomic mass is 16.2. The quantitative estimate of drug-likeness (QED) is 0.888. The van der Waals surface area contributed by atoms with Crippen LogP contribution in [0, 0.1) is 6.92 Å². The van der Waals surface area contributed by atoms with E-state index in [4.69, 9.17) is 0 Å². The summed E-state index contributed by atoms with van der Waals surface area (Å²) in [5, 5.41) is 5.70. The summed E-state index contributed by atoms with van der Waals surface area (Å²) in [6.07, 6.45) is 1.58. The molecule has 1 aromatic heterocycles. The Morgan fingerprint density at radius 2 is 2.04 bits per heavy atom. The second-order valence-electron chi connectivity index (χ2n) is 5.81. The zero-order valence-electron chi connectivity index (χ0n) is 13.6. The second-order valence-corrected chi connectivity index (χ2v) is 5.81. The van der Waals surface area contributed by atoms with Crippen molar-refractivity contribution in [1.82, 2.24) is 15.6 Å². The Morgan fingerprint density at radius 1 is 1.25 bits per heavy atom. The monoisotopic (exact) mass is 324 g/mol. The average molecular weight is 324 g/mol. The molecule has 0 atom stereocenters. The number of nitrogens with one attached hydrogen (secondary N) is 2. The number of piperazine rings is 1. The lowest BCUT2D eigenvalue weighted by Gasteiger charge is -2.28. The number of carbonyl (C=O) groups excluding carboxylic acids is 2. The van der Waals surface area contributed by atoms with Gasteiger partial charge in [-0.2, -0.15) is 0 Å². The van der Waals surface area contributed by atoms with Crippen molar-refractivity contribution in [1.29, 1.82) is 0 Å². The maximum absolute atomic E-state index is 12.1. The Kier molecular flexibility index (Phi) is 4.74. The number of aryl methyl sites for hydroxylation is 1. The van der Waals surface area contributed by atoms with Gasteiger partial charge in [0, 0.05) is 37.2 Å². The molecule has 0 unspecified atom stereocenters. The first-order valence-electron chi connectivity index (χ1n) is 7.93. The molecule has 0 aliphatic carbocycles. The third-order valence-electron chi connectivity index (χ3n) is 3.97. The van der Waals surface area contributed by atoms with Gasteiger partial charge in [0.25, 0.3) is 5.91 Å². The fourth-order valence-corrected chi connectivity index (χ4v) is 2.57. The molecular weight excluding hydrogens is 304 g/mol. The van der Waals surface area contributed by atoms with Crippen LogP contribution in [0.1, 0.15) is 21.6 Å². The summed E-state index contributed by atoms with van der Waals surface area (Å²) >= 11 is 0. The predicted molar refractivity (Wildman–Crippen MR) is 91.8 cm³/mol. The summed E-state index contributed by atoms with van der Waals surface area (Å²) in [4.78, 5) is 29.7. The van der Waals surface area contributed by atoms with Crippen LogP contribution in [0.4, 0.5) is 5.69 Å². The van der Waals surface area contributed by atoms with Gasteiger partial charge >= 0.3 is 0 Å². The van der Waals surface area contributed by atoms with Crippen LogP contribution in [-0.4, -0.2) is 36.4 Å². The second kappa shape index (κ2) is 7.12. The average Bonchev–Trinajstić information content (AvgIpc) is 2.61. The van der Waals surface area contributed by atoms with Crippen molar-refractivity contribution >= 4 is 17.5 Å². The molecule has 1 aromatic carbocycles. The highest BCUT2D eigenvalue weighted by Gasteiger charge is 2.16. The Bertz CT molecular complexity index is 726. The maximum atomic E-state index is 12.1. The third kappa shape index (κ3) is 3.90. The predicted octanol–water partition coefficient (Wildman–Crippen LogP) is 1.26. The molecule has 0 spiro atoms. The zero-order chi connectivity index (χ0) is 16.9. The fourth-order valence-electron chi connectivity index (χ4n) is 2.57. The molecule has 0 saturated carbocycles. The highest BCUT2D eigenvalue weighted by Crippen LogP contribution is 2.16. The van der Waals surface area contributed by atoms with Crippen LogP contribution >= 0.6 is 0 Å². The maximum Gasteiger partial charge on any atom is 0.253 e. The number of amides is 2. The number of rotatable bonds is 4. The van der Waals surface area contributed by atoms with E-state index in [9.17, 15) is 9.59 Å².